The standard InChI is InChI=1S/C3H6O.Ca.2H2O3S/c1-3(2)4;;2*1-4(2)3/h1-2H3;;2*(H2,1,2,3)/q;+2;;/p-2. The zero-order valence-corrected chi connectivity index (χ0v) is 10.8. The molecule has 0 aromatic carbocycles. The van der Waals surface area contributed by atoms with E-state index >= 15 is 0 Å². The van der Waals surface area contributed by atoms with Crippen LogP contribution in [0.25, 0.3) is 0 Å². The Morgan fingerprint density at radius 3 is 1.08 bits per heavy atom. The van der Waals surface area contributed by atoms with Gasteiger partial charge in [-0.25, -0.2) is 8.42 Å². The van der Waals surface area contributed by atoms with E-state index in [1.165, 1.54) is 13.8 Å². The Kier molecular flexibility index (Phi) is 34.2. The third-order valence-electron chi connectivity index (χ3n) is 0. The summed E-state index contributed by atoms with van der Waals surface area (Å²) in [6, 6.07) is 0. The molecule has 0 fully saturated rings. The summed E-state index contributed by atoms with van der Waals surface area (Å²) >= 11 is -5.72. The van der Waals surface area contributed by atoms with Gasteiger partial charge in [0.15, 0.2) is 0 Å². The van der Waals surface area contributed by atoms with Gasteiger partial charge in [0, 0.05) is 0 Å². The zero-order valence-electron chi connectivity index (χ0n) is 6.96. The van der Waals surface area contributed by atoms with Crippen molar-refractivity contribution in [3.63, 3.8) is 0 Å². The molecule has 0 aliphatic carbocycles. The van der Waals surface area contributed by atoms with Crippen LogP contribution in [0.1, 0.15) is 13.8 Å². The van der Waals surface area contributed by atoms with Gasteiger partial charge in [-0.15, -0.1) is 0 Å². The first-order chi connectivity index (χ1) is 5.20. The van der Waals surface area contributed by atoms with Gasteiger partial charge >= 0.3 is 37.7 Å². The Labute approximate surface area is 111 Å². The molecule has 0 rings (SSSR count). The predicted octanol–water partition coefficient (Wildman–Crippen LogP) is -1.11. The molecule has 0 aromatic heterocycles. The van der Waals surface area contributed by atoms with Crippen LogP contribution < -0.4 is 0 Å². The van der Waals surface area contributed by atoms with Crippen LogP contribution in [0.5, 0.6) is 0 Å². The monoisotopic (exact) mass is 260 g/mol. The molecular weight excluding hydrogens is 252 g/mol. The van der Waals surface area contributed by atoms with E-state index in [4.69, 9.17) is 26.6 Å². The number of rotatable bonds is 0. The van der Waals surface area contributed by atoms with E-state index in [1.54, 1.807) is 0 Å². The summed E-state index contributed by atoms with van der Waals surface area (Å²) in [6.07, 6.45) is 0. The van der Waals surface area contributed by atoms with E-state index in [9.17, 15) is 4.79 Å². The number of hydrogen-bond donors (Lipinski definition) is 2. The van der Waals surface area contributed by atoms with Gasteiger partial charge in [-0.3, -0.25) is 0 Å². The summed E-state index contributed by atoms with van der Waals surface area (Å²) in [7, 11) is 0. The molecule has 0 saturated heterocycles. The molecule has 0 amide bonds. The molecule has 13 heavy (non-hydrogen) atoms. The van der Waals surface area contributed by atoms with Crippen LogP contribution in [0.15, 0.2) is 0 Å². The first-order valence-electron chi connectivity index (χ1n) is 2.24. The predicted molar refractivity (Wildman–Crippen MR) is 45.2 cm³/mol. The molecule has 0 bridgehead atoms. The number of carbonyl (C=O) groups excluding carboxylic acids is 1. The number of hydrogen-bond acceptors (Lipinski definition) is 5. The van der Waals surface area contributed by atoms with Crippen molar-refractivity contribution in [2.75, 3.05) is 0 Å². The number of carbonyl (C=O) groups is 1. The normalized spacial score (nSPS) is 11.5. The van der Waals surface area contributed by atoms with Crippen LogP contribution >= 0.6 is 0 Å². The minimum atomic E-state index is -2.86. The smallest absolute Gasteiger partial charge is 0.750 e. The second-order valence-electron chi connectivity index (χ2n) is 1.34. The first kappa shape index (κ1) is 23.7. The van der Waals surface area contributed by atoms with E-state index in [0.717, 1.165) is 0 Å². The van der Waals surface area contributed by atoms with Gasteiger partial charge in [-0.05, 0) is 13.8 Å². The molecule has 76 valence electrons. The fourth-order valence-corrected chi connectivity index (χ4v) is 0. The summed E-state index contributed by atoms with van der Waals surface area (Å²) in [4.78, 5) is 9.44. The molecule has 0 aromatic rings. The zero-order chi connectivity index (χ0) is 10.7. The quantitative estimate of drug-likeness (QED) is 0.416. The van der Waals surface area contributed by atoms with Crippen LogP contribution in [-0.2, 0) is 27.5 Å². The number of Topliss-reactive ketones (excluding diaryl/α,β-unsaturated/α-hetero) is 1. The Balaban J connectivity index is -0.0000000450. The summed E-state index contributed by atoms with van der Waals surface area (Å²) in [5.41, 5.74) is 0. The third kappa shape index (κ3) is 1400. The fraction of sp³-hybridized carbons (Fsp3) is 0.667. The molecule has 10 heteroatoms. The Morgan fingerprint density at radius 2 is 1.08 bits per heavy atom. The first-order valence-corrected chi connectivity index (χ1v) is 4.30. The van der Waals surface area contributed by atoms with Crippen molar-refractivity contribution < 1.29 is 31.4 Å². The van der Waals surface area contributed by atoms with E-state index in [0.29, 0.717) is 0 Å². The topological polar surface area (TPSA) is 138 Å². The Bertz CT molecular complexity index is 119. The van der Waals surface area contributed by atoms with Crippen molar-refractivity contribution in [1.29, 1.82) is 0 Å². The Hall–Kier alpha value is 1.07. The minimum Gasteiger partial charge on any atom is -0.750 e. The van der Waals surface area contributed by atoms with E-state index in [-0.39, 0.29) is 43.5 Å². The third-order valence-corrected chi connectivity index (χ3v) is 0. The molecule has 2 unspecified atom stereocenters. The van der Waals surface area contributed by atoms with Crippen molar-refractivity contribution in [1.82, 2.24) is 0 Å². The van der Waals surface area contributed by atoms with Crippen LogP contribution in [0.2, 0.25) is 0 Å². The molecule has 2 atom stereocenters. The SMILES string of the molecule is CC(C)=O.O=S([O-])O.O=S([O-])O.[Ca+2]. The average Bonchev–Trinajstić information content (AvgIpc) is 1.54. The summed E-state index contributed by atoms with van der Waals surface area (Å²) < 4.78 is 48.2. The maximum atomic E-state index is 9.44. The molecule has 0 spiro atoms. The van der Waals surface area contributed by atoms with Crippen molar-refractivity contribution in [3.05, 3.63) is 0 Å². The van der Waals surface area contributed by atoms with Crippen LogP contribution in [0, 0.1) is 0 Å². The van der Waals surface area contributed by atoms with Crippen LogP contribution in [-0.4, -0.2) is 70.2 Å². The fourth-order valence-electron chi connectivity index (χ4n) is 0. The molecule has 0 aliphatic rings. The molecule has 2 N–H and O–H groups in total. The van der Waals surface area contributed by atoms with E-state index in [1.807, 2.05) is 0 Å². The molecule has 0 radical (unpaired) electrons. The van der Waals surface area contributed by atoms with Gasteiger partial charge < -0.3 is 23.0 Å². The average molecular weight is 260 g/mol. The van der Waals surface area contributed by atoms with Crippen molar-refractivity contribution in [2.45, 2.75) is 13.8 Å². The second kappa shape index (κ2) is 18.8. The van der Waals surface area contributed by atoms with E-state index < -0.39 is 22.7 Å². The van der Waals surface area contributed by atoms with E-state index in [2.05, 4.69) is 0 Å². The molecule has 0 aliphatic heterocycles. The Morgan fingerprint density at radius 1 is 1.08 bits per heavy atom. The summed E-state index contributed by atoms with van der Waals surface area (Å²) in [5, 5.41) is 0. The maximum absolute atomic E-state index is 9.44. The molecule has 7 nitrogen and oxygen atoms in total. The van der Waals surface area contributed by atoms with Crippen molar-refractivity contribution >= 4 is 66.2 Å². The minimum absolute atomic E-state index is 0. The largest absolute Gasteiger partial charge is 2.00 e. The van der Waals surface area contributed by atoms with Crippen LogP contribution in [0.4, 0.5) is 0 Å². The van der Waals surface area contributed by atoms with Crippen molar-refractivity contribution in [2.24, 2.45) is 0 Å². The number of ketones is 1. The van der Waals surface area contributed by atoms with Crippen molar-refractivity contribution in [3.8, 4) is 0 Å². The van der Waals surface area contributed by atoms with Gasteiger partial charge in [0.25, 0.3) is 0 Å². The summed E-state index contributed by atoms with van der Waals surface area (Å²) in [6.45, 7) is 3.06. The van der Waals surface area contributed by atoms with Gasteiger partial charge in [-0.2, -0.15) is 0 Å². The maximum Gasteiger partial charge on any atom is 2.00 e. The van der Waals surface area contributed by atoms with Gasteiger partial charge in [-0.1, -0.05) is 0 Å². The molecular formula is C3H8CaO7S2. The molecule has 0 saturated carbocycles. The molecule has 0 heterocycles. The van der Waals surface area contributed by atoms with Gasteiger partial charge in [0.05, 0.1) is 22.7 Å². The van der Waals surface area contributed by atoms with Crippen LogP contribution in [0.3, 0.4) is 0 Å². The second-order valence-corrected chi connectivity index (χ2v) is 2.21. The van der Waals surface area contributed by atoms with Gasteiger partial charge in [0.1, 0.15) is 5.78 Å². The van der Waals surface area contributed by atoms with Gasteiger partial charge in [0.2, 0.25) is 0 Å². The summed E-state index contributed by atoms with van der Waals surface area (Å²) in [5.74, 6) is 0.167.